The van der Waals surface area contributed by atoms with E-state index in [-0.39, 0.29) is 0 Å². The zero-order chi connectivity index (χ0) is 29.8. The van der Waals surface area contributed by atoms with Crippen molar-refractivity contribution in [3.05, 3.63) is 94.5 Å². The standard InChI is InChI=1S/C38H46F4O/c39-35-19-17-33(21-37(35)41)31-13-9-29(10-14-31)27-5-1-25(2-6-27)23-43-24-26-3-7-28(8-4-26)30-11-15-32(16-12-30)34-18-20-36(40)38(42)22-34/h17-24,27-32H,1-16H2. The Morgan fingerprint density at radius 2 is 0.791 bits per heavy atom. The highest BCUT2D eigenvalue weighted by atomic mass is 19.2. The van der Waals surface area contributed by atoms with E-state index in [1.165, 1.54) is 86.8 Å². The van der Waals surface area contributed by atoms with Crippen LogP contribution in [0.3, 0.4) is 0 Å². The normalized spacial score (nSPS) is 30.1. The lowest BCUT2D eigenvalue weighted by molar-refractivity contribution is 0.196. The van der Waals surface area contributed by atoms with E-state index >= 15 is 0 Å². The summed E-state index contributed by atoms with van der Waals surface area (Å²) in [5.41, 5.74) is 4.76. The summed E-state index contributed by atoms with van der Waals surface area (Å²) < 4.78 is 60.0. The average molecular weight is 595 g/mol. The van der Waals surface area contributed by atoms with Gasteiger partial charge in [-0.1, -0.05) is 12.1 Å². The number of hydrogen-bond donors (Lipinski definition) is 0. The number of ether oxygens (including phenoxy) is 1. The Labute approximate surface area is 254 Å². The maximum atomic E-state index is 13.7. The van der Waals surface area contributed by atoms with E-state index in [0.717, 1.165) is 86.2 Å². The van der Waals surface area contributed by atoms with E-state index < -0.39 is 23.3 Å². The van der Waals surface area contributed by atoms with Gasteiger partial charge in [0, 0.05) is 0 Å². The van der Waals surface area contributed by atoms with Crippen molar-refractivity contribution < 1.29 is 22.3 Å². The largest absolute Gasteiger partial charge is 0.473 e. The molecule has 0 N–H and O–H groups in total. The second-order valence-electron chi connectivity index (χ2n) is 13.9. The lowest BCUT2D eigenvalue weighted by Gasteiger charge is -2.36. The second-order valence-corrected chi connectivity index (χ2v) is 13.9. The van der Waals surface area contributed by atoms with Crippen LogP contribution in [0.1, 0.15) is 126 Å². The summed E-state index contributed by atoms with van der Waals surface area (Å²) in [7, 11) is 0. The van der Waals surface area contributed by atoms with E-state index in [4.69, 9.17) is 4.74 Å². The SMILES string of the molecule is Fc1ccc(C2CCC(C3CCC(=COC=C4CCC(C5CCC(c6ccc(F)c(F)c6)CC5)CC4)CC3)CC2)cc1F. The first-order chi connectivity index (χ1) is 20.9. The molecule has 4 aliphatic rings. The Bertz CT molecular complexity index is 1180. The van der Waals surface area contributed by atoms with Crippen molar-refractivity contribution in [2.24, 2.45) is 23.7 Å². The van der Waals surface area contributed by atoms with Crippen LogP contribution in [0.25, 0.3) is 0 Å². The summed E-state index contributed by atoms with van der Waals surface area (Å²) in [6.07, 6.45) is 22.4. The van der Waals surface area contributed by atoms with E-state index in [1.54, 1.807) is 12.1 Å². The van der Waals surface area contributed by atoms with Crippen LogP contribution in [0, 0.1) is 46.9 Å². The first kappa shape index (κ1) is 30.5. The highest BCUT2D eigenvalue weighted by Crippen LogP contribution is 2.45. The Kier molecular flexibility index (Phi) is 9.94. The lowest BCUT2D eigenvalue weighted by Crippen LogP contribution is -2.23. The molecule has 2 aromatic carbocycles. The van der Waals surface area contributed by atoms with Crippen molar-refractivity contribution >= 4 is 0 Å². The van der Waals surface area contributed by atoms with Crippen molar-refractivity contribution in [3.8, 4) is 0 Å². The summed E-state index contributed by atoms with van der Waals surface area (Å²) >= 11 is 0. The molecule has 43 heavy (non-hydrogen) atoms. The highest BCUT2D eigenvalue weighted by Gasteiger charge is 2.32. The maximum Gasteiger partial charge on any atom is 0.159 e. The molecule has 0 aromatic heterocycles. The molecule has 1 nitrogen and oxygen atoms in total. The van der Waals surface area contributed by atoms with E-state index in [2.05, 4.69) is 0 Å². The van der Waals surface area contributed by atoms with Gasteiger partial charge in [0.25, 0.3) is 0 Å². The molecule has 0 heterocycles. The van der Waals surface area contributed by atoms with Crippen molar-refractivity contribution in [1.29, 1.82) is 0 Å². The van der Waals surface area contributed by atoms with Crippen molar-refractivity contribution in [2.45, 2.75) is 115 Å². The maximum absolute atomic E-state index is 13.7. The fourth-order valence-electron chi connectivity index (χ4n) is 8.81. The van der Waals surface area contributed by atoms with Gasteiger partial charge in [-0.3, -0.25) is 0 Å². The molecular formula is C38H46F4O. The minimum atomic E-state index is -0.758. The molecule has 5 heteroatoms. The molecule has 0 spiro atoms. The number of allylic oxidation sites excluding steroid dienone is 2. The van der Waals surface area contributed by atoms with Gasteiger partial charge in [-0.15, -0.1) is 0 Å². The third kappa shape index (κ3) is 7.57. The summed E-state index contributed by atoms with van der Waals surface area (Å²) in [5, 5.41) is 0. The van der Waals surface area contributed by atoms with Gasteiger partial charge in [0.15, 0.2) is 23.3 Å². The van der Waals surface area contributed by atoms with Crippen LogP contribution in [0.4, 0.5) is 17.6 Å². The molecule has 0 atom stereocenters. The molecule has 0 amide bonds. The van der Waals surface area contributed by atoms with Crippen molar-refractivity contribution in [1.82, 2.24) is 0 Å². The fraction of sp³-hybridized carbons (Fsp3) is 0.579. The monoisotopic (exact) mass is 594 g/mol. The number of halogens is 4. The van der Waals surface area contributed by atoms with Gasteiger partial charge < -0.3 is 4.74 Å². The molecule has 232 valence electrons. The molecule has 6 rings (SSSR count). The molecule has 2 aromatic rings. The predicted octanol–water partition coefficient (Wildman–Crippen LogP) is 11.7. The summed E-state index contributed by atoms with van der Waals surface area (Å²) in [6, 6.07) is 8.85. The molecule has 4 fully saturated rings. The Morgan fingerprint density at radius 3 is 1.14 bits per heavy atom. The first-order valence-electron chi connectivity index (χ1n) is 16.8. The van der Waals surface area contributed by atoms with Crippen LogP contribution in [-0.2, 0) is 4.74 Å². The Morgan fingerprint density at radius 1 is 0.442 bits per heavy atom. The van der Waals surface area contributed by atoms with Crippen molar-refractivity contribution in [3.63, 3.8) is 0 Å². The number of rotatable bonds is 6. The molecule has 0 bridgehead atoms. The molecule has 0 saturated heterocycles. The summed E-state index contributed by atoms with van der Waals surface area (Å²) in [4.78, 5) is 0. The molecule has 0 unspecified atom stereocenters. The van der Waals surface area contributed by atoms with Crippen LogP contribution < -0.4 is 0 Å². The van der Waals surface area contributed by atoms with Crippen LogP contribution >= 0.6 is 0 Å². The molecule has 0 aliphatic heterocycles. The van der Waals surface area contributed by atoms with Crippen LogP contribution in [0.2, 0.25) is 0 Å². The van der Waals surface area contributed by atoms with E-state index in [9.17, 15) is 17.6 Å². The predicted molar refractivity (Wildman–Crippen MR) is 163 cm³/mol. The van der Waals surface area contributed by atoms with Gasteiger partial charge >= 0.3 is 0 Å². The molecule has 4 aliphatic carbocycles. The van der Waals surface area contributed by atoms with E-state index in [0.29, 0.717) is 11.8 Å². The Hall–Kier alpha value is -2.56. The third-order valence-electron chi connectivity index (χ3n) is 11.5. The van der Waals surface area contributed by atoms with E-state index in [1.807, 2.05) is 12.5 Å². The third-order valence-corrected chi connectivity index (χ3v) is 11.5. The smallest absolute Gasteiger partial charge is 0.159 e. The van der Waals surface area contributed by atoms with Crippen molar-refractivity contribution in [2.75, 3.05) is 0 Å². The van der Waals surface area contributed by atoms with Gasteiger partial charge in [0.1, 0.15) is 0 Å². The summed E-state index contributed by atoms with van der Waals surface area (Å²) in [6.45, 7) is 0. The zero-order valence-corrected chi connectivity index (χ0v) is 25.3. The minimum absolute atomic E-state index is 0.358. The van der Waals surface area contributed by atoms with Gasteiger partial charge in [-0.25, -0.2) is 17.6 Å². The zero-order valence-electron chi connectivity index (χ0n) is 25.3. The molecule has 0 radical (unpaired) electrons. The summed E-state index contributed by atoms with van der Waals surface area (Å²) in [5.74, 6) is 0.786. The number of hydrogen-bond acceptors (Lipinski definition) is 1. The van der Waals surface area contributed by atoms with Gasteiger partial charge in [-0.05, 0) is 185 Å². The van der Waals surface area contributed by atoms with Crippen LogP contribution in [0.15, 0.2) is 60.1 Å². The number of benzene rings is 2. The van der Waals surface area contributed by atoms with Crippen LogP contribution in [-0.4, -0.2) is 0 Å². The lowest BCUT2D eigenvalue weighted by atomic mass is 9.69. The quantitative estimate of drug-likeness (QED) is 0.239. The molecule has 4 saturated carbocycles. The molecular weight excluding hydrogens is 548 g/mol. The minimum Gasteiger partial charge on any atom is -0.473 e. The van der Waals surface area contributed by atoms with Gasteiger partial charge in [0.05, 0.1) is 12.5 Å². The van der Waals surface area contributed by atoms with Crippen LogP contribution in [0.5, 0.6) is 0 Å². The topological polar surface area (TPSA) is 9.23 Å². The highest BCUT2D eigenvalue weighted by molar-refractivity contribution is 5.23. The average Bonchev–Trinajstić information content (AvgIpc) is 3.05. The Balaban J connectivity index is 0.882. The van der Waals surface area contributed by atoms with Gasteiger partial charge in [0.2, 0.25) is 0 Å². The second kappa shape index (κ2) is 14.0. The fourth-order valence-corrected chi connectivity index (χ4v) is 8.81. The first-order valence-corrected chi connectivity index (χ1v) is 16.8. The van der Waals surface area contributed by atoms with Gasteiger partial charge in [-0.2, -0.15) is 0 Å².